The van der Waals surface area contributed by atoms with Crippen molar-refractivity contribution in [2.24, 2.45) is 11.8 Å². The van der Waals surface area contributed by atoms with Crippen molar-refractivity contribution < 1.29 is 9.21 Å². The van der Waals surface area contributed by atoms with E-state index in [4.69, 9.17) is 4.42 Å². The lowest BCUT2D eigenvalue weighted by Gasteiger charge is -2.31. The van der Waals surface area contributed by atoms with Crippen LogP contribution in [0.15, 0.2) is 29.2 Å². The number of carbonyl (C=O) groups excluding carboxylic acids is 1. The van der Waals surface area contributed by atoms with Gasteiger partial charge in [-0.25, -0.2) is 4.98 Å². The fourth-order valence-electron chi connectivity index (χ4n) is 3.65. The fraction of sp³-hybridized carbons (Fsp3) is 0.579. The average molecular weight is 327 g/mol. The van der Waals surface area contributed by atoms with E-state index in [1.165, 1.54) is 30.6 Å². The molecule has 0 spiro atoms. The molecule has 0 atom stereocenters. The Morgan fingerprint density at radius 2 is 2.04 bits per heavy atom. The van der Waals surface area contributed by atoms with Crippen LogP contribution >= 0.6 is 0 Å². The van der Waals surface area contributed by atoms with Crippen LogP contribution in [0.25, 0.3) is 0 Å². The molecular weight excluding hydrogens is 302 g/mol. The normalized spacial score (nSPS) is 19.0. The van der Waals surface area contributed by atoms with Crippen molar-refractivity contribution in [1.29, 1.82) is 0 Å². The maximum Gasteiger partial charge on any atom is 0.257 e. The second-order valence-corrected chi connectivity index (χ2v) is 7.32. The van der Waals surface area contributed by atoms with Gasteiger partial charge in [0.15, 0.2) is 0 Å². The second-order valence-electron chi connectivity index (χ2n) is 7.32. The summed E-state index contributed by atoms with van der Waals surface area (Å²) in [6, 6.07) is 1.74. The van der Waals surface area contributed by atoms with Crippen LogP contribution in [0.2, 0.25) is 0 Å². The van der Waals surface area contributed by atoms with E-state index >= 15 is 0 Å². The Balaban J connectivity index is 1.34. The maximum atomic E-state index is 12.4. The average Bonchev–Trinajstić information content (AvgIpc) is 3.12. The summed E-state index contributed by atoms with van der Waals surface area (Å²) >= 11 is 0. The van der Waals surface area contributed by atoms with Crippen molar-refractivity contribution in [2.75, 3.05) is 13.1 Å². The molecular formula is C19H25N3O2. The van der Waals surface area contributed by atoms with Gasteiger partial charge >= 0.3 is 0 Å². The van der Waals surface area contributed by atoms with Crippen molar-refractivity contribution in [1.82, 2.24) is 14.5 Å². The second kappa shape index (κ2) is 6.46. The zero-order valence-electron chi connectivity index (χ0n) is 14.3. The van der Waals surface area contributed by atoms with Gasteiger partial charge < -0.3 is 13.9 Å². The molecule has 1 aliphatic heterocycles. The number of hydrogen-bond donors (Lipinski definition) is 0. The summed E-state index contributed by atoms with van der Waals surface area (Å²) in [6.07, 6.45) is 11.0. The number of rotatable bonds is 5. The third-order valence-corrected chi connectivity index (χ3v) is 5.42. The van der Waals surface area contributed by atoms with E-state index in [1.807, 2.05) is 11.1 Å². The Bertz CT molecular complexity index is 692. The molecule has 2 aliphatic rings. The minimum Gasteiger partial charge on any atom is -0.472 e. The van der Waals surface area contributed by atoms with Crippen LogP contribution in [0, 0.1) is 18.8 Å². The van der Waals surface area contributed by atoms with Gasteiger partial charge in [-0.2, -0.15) is 0 Å². The molecule has 0 radical (unpaired) electrons. The Hall–Kier alpha value is -2.04. The lowest BCUT2D eigenvalue weighted by Crippen LogP contribution is -2.39. The molecule has 128 valence electrons. The highest BCUT2D eigenvalue weighted by molar-refractivity contribution is 5.93. The number of aryl methyl sites for hydroxylation is 1. The minimum absolute atomic E-state index is 0.0910. The van der Waals surface area contributed by atoms with E-state index in [1.54, 1.807) is 12.3 Å². The number of imidazole rings is 1. The molecule has 2 fully saturated rings. The van der Waals surface area contributed by atoms with E-state index in [9.17, 15) is 4.79 Å². The van der Waals surface area contributed by atoms with Crippen LogP contribution in [0.5, 0.6) is 0 Å². The van der Waals surface area contributed by atoms with Gasteiger partial charge in [-0.3, -0.25) is 4.79 Å². The Morgan fingerprint density at radius 3 is 2.71 bits per heavy atom. The third kappa shape index (κ3) is 3.25. The SMILES string of the molecule is Cc1cnc(CC2CCN(C(=O)c3ccoc3)CC2)n1CC1CC1. The van der Waals surface area contributed by atoms with Crippen LogP contribution in [0.3, 0.4) is 0 Å². The van der Waals surface area contributed by atoms with E-state index in [0.29, 0.717) is 11.5 Å². The molecule has 1 saturated carbocycles. The number of likely N-dealkylation sites (tertiary alicyclic amines) is 1. The first-order valence-electron chi connectivity index (χ1n) is 9.03. The summed E-state index contributed by atoms with van der Waals surface area (Å²) in [5, 5.41) is 0. The Morgan fingerprint density at radius 1 is 1.25 bits per heavy atom. The van der Waals surface area contributed by atoms with Gasteiger partial charge in [-0.1, -0.05) is 0 Å². The number of nitrogens with zero attached hydrogens (tertiary/aromatic N) is 3. The van der Waals surface area contributed by atoms with Crippen molar-refractivity contribution in [3.05, 3.63) is 41.9 Å². The van der Waals surface area contributed by atoms with Crippen molar-refractivity contribution in [3.63, 3.8) is 0 Å². The summed E-state index contributed by atoms with van der Waals surface area (Å²) in [4.78, 5) is 19.0. The van der Waals surface area contributed by atoms with Gasteiger partial charge in [0, 0.05) is 37.9 Å². The van der Waals surface area contributed by atoms with Gasteiger partial charge in [0.2, 0.25) is 0 Å². The van der Waals surface area contributed by atoms with E-state index in [2.05, 4.69) is 16.5 Å². The Labute approximate surface area is 142 Å². The number of aromatic nitrogens is 2. The van der Waals surface area contributed by atoms with Crippen molar-refractivity contribution in [3.8, 4) is 0 Å². The molecule has 0 unspecified atom stereocenters. The van der Waals surface area contributed by atoms with Crippen LogP contribution < -0.4 is 0 Å². The van der Waals surface area contributed by atoms with Gasteiger partial charge in [-0.05, 0) is 50.5 Å². The Kier molecular flexibility index (Phi) is 4.17. The van der Waals surface area contributed by atoms with Gasteiger partial charge in [0.25, 0.3) is 5.91 Å². The van der Waals surface area contributed by atoms with Gasteiger partial charge in [-0.15, -0.1) is 0 Å². The molecule has 1 saturated heterocycles. The van der Waals surface area contributed by atoms with E-state index in [0.717, 1.165) is 44.8 Å². The molecule has 2 aromatic heterocycles. The first kappa shape index (κ1) is 15.5. The molecule has 0 aromatic carbocycles. The molecule has 1 amide bonds. The first-order valence-corrected chi connectivity index (χ1v) is 9.03. The number of amides is 1. The molecule has 1 aliphatic carbocycles. The molecule has 5 heteroatoms. The van der Waals surface area contributed by atoms with Crippen molar-refractivity contribution >= 4 is 5.91 Å². The molecule has 4 rings (SSSR count). The summed E-state index contributed by atoms with van der Waals surface area (Å²) in [5.41, 5.74) is 1.94. The smallest absolute Gasteiger partial charge is 0.257 e. The van der Waals surface area contributed by atoms with Crippen LogP contribution in [0.4, 0.5) is 0 Å². The first-order chi connectivity index (χ1) is 11.7. The van der Waals surface area contributed by atoms with E-state index in [-0.39, 0.29) is 5.91 Å². The summed E-state index contributed by atoms with van der Waals surface area (Å²) < 4.78 is 7.44. The zero-order valence-corrected chi connectivity index (χ0v) is 14.3. The fourth-order valence-corrected chi connectivity index (χ4v) is 3.65. The standard InChI is InChI=1S/C19H25N3O2/c1-14-11-20-18(22(14)12-16-2-3-16)10-15-4-7-21(8-5-15)19(23)17-6-9-24-13-17/h6,9,11,13,15-16H,2-5,7-8,10,12H2,1H3. The largest absolute Gasteiger partial charge is 0.472 e. The van der Waals surface area contributed by atoms with E-state index < -0.39 is 0 Å². The quantitative estimate of drug-likeness (QED) is 0.847. The molecule has 5 nitrogen and oxygen atoms in total. The van der Waals surface area contributed by atoms with Crippen LogP contribution in [-0.2, 0) is 13.0 Å². The summed E-state index contributed by atoms with van der Waals surface area (Å²) in [5.74, 6) is 2.82. The maximum absolute atomic E-state index is 12.4. The van der Waals surface area contributed by atoms with Gasteiger partial charge in [0.05, 0.1) is 11.8 Å². The number of hydrogen-bond acceptors (Lipinski definition) is 3. The zero-order chi connectivity index (χ0) is 16.5. The van der Waals surface area contributed by atoms with Crippen LogP contribution in [-0.4, -0.2) is 33.4 Å². The molecule has 3 heterocycles. The lowest BCUT2D eigenvalue weighted by atomic mass is 9.93. The highest BCUT2D eigenvalue weighted by Gasteiger charge is 2.27. The third-order valence-electron chi connectivity index (χ3n) is 5.42. The van der Waals surface area contributed by atoms with Crippen molar-refractivity contribution in [2.45, 2.75) is 45.6 Å². The predicted molar refractivity (Wildman–Crippen MR) is 90.7 cm³/mol. The van der Waals surface area contributed by atoms with Crippen LogP contribution in [0.1, 0.15) is 47.6 Å². The monoisotopic (exact) mass is 327 g/mol. The molecule has 24 heavy (non-hydrogen) atoms. The lowest BCUT2D eigenvalue weighted by molar-refractivity contribution is 0.0688. The highest BCUT2D eigenvalue weighted by atomic mass is 16.3. The molecule has 0 bridgehead atoms. The topological polar surface area (TPSA) is 51.3 Å². The number of furan rings is 1. The summed E-state index contributed by atoms with van der Waals surface area (Å²) in [6.45, 7) is 4.96. The minimum atomic E-state index is 0.0910. The molecule has 2 aromatic rings. The molecule has 0 N–H and O–H groups in total. The number of piperidine rings is 1. The van der Waals surface area contributed by atoms with Gasteiger partial charge in [0.1, 0.15) is 12.1 Å². The highest BCUT2D eigenvalue weighted by Crippen LogP contribution is 2.32. The predicted octanol–water partition coefficient (Wildman–Crippen LogP) is 3.29. The summed E-state index contributed by atoms with van der Waals surface area (Å²) in [7, 11) is 0. The number of carbonyl (C=O) groups is 1.